The minimum Gasteiger partial charge on any atom is -0.334 e. The Labute approximate surface area is 234 Å². The third-order valence-corrected chi connectivity index (χ3v) is 9.07. The Kier molecular flexibility index (Phi) is 11.4. The van der Waals surface area contributed by atoms with Crippen molar-refractivity contribution in [3.05, 3.63) is 65.7 Å². The van der Waals surface area contributed by atoms with E-state index in [4.69, 9.17) is 0 Å². The van der Waals surface area contributed by atoms with Crippen molar-refractivity contribution in [3.8, 4) is 0 Å². The maximum absolute atomic E-state index is 13.7. The number of amides is 3. The Hall–Kier alpha value is -2.91. The Morgan fingerprint density at radius 1 is 1.00 bits per heavy atom. The van der Waals surface area contributed by atoms with Gasteiger partial charge in [0.25, 0.3) is 0 Å². The molecule has 1 aliphatic rings. The van der Waals surface area contributed by atoms with Gasteiger partial charge in [0.2, 0.25) is 15.9 Å². The summed E-state index contributed by atoms with van der Waals surface area (Å²) in [4.78, 5) is 30.4. The number of benzene rings is 2. The van der Waals surface area contributed by atoms with Gasteiger partial charge in [0.1, 0.15) is 0 Å². The Balaban J connectivity index is 1.73. The molecule has 1 N–H and O–H groups in total. The van der Waals surface area contributed by atoms with Crippen LogP contribution in [-0.4, -0.2) is 72.4 Å². The van der Waals surface area contributed by atoms with Gasteiger partial charge in [-0.05, 0) is 48.8 Å². The molecule has 1 aliphatic heterocycles. The molecule has 214 valence electrons. The van der Waals surface area contributed by atoms with E-state index in [1.54, 1.807) is 4.90 Å². The van der Waals surface area contributed by atoms with Crippen molar-refractivity contribution in [1.82, 2.24) is 14.1 Å². The molecule has 2 aromatic carbocycles. The van der Waals surface area contributed by atoms with Crippen molar-refractivity contribution < 1.29 is 18.0 Å². The molecule has 1 heterocycles. The summed E-state index contributed by atoms with van der Waals surface area (Å²) in [6.07, 6.45) is 2.60. The van der Waals surface area contributed by atoms with Gasteiger partial charge < -0.3 is 15.1 Å². The zero-order chi connectivity index (χ0) is 28.4. The van der Waals surface area contributed by atoms with Crippen molar-refractivity contribution in [1.29, 1.82) is 0 Å². The molecular formula is C30H44N4O4S. The van der Waals surface area contributed by atoms with E-state index >= 15 is 0 Å². The second-order valence-corrected chi connectivity index (χ2v) is 12.8. The van der Waals surface area contributed by atoms with E-state index in [9.17, 15) is 18.0 Å². The van der Waals surface area contributed by atoms with Crippen LogP contribution in [0.3, 0.4) is 0 Å². The van der Waals surface area contributed by atoms with Gasteiger partial charge >= 0.3 is 6.03 Å². The highest BCUT2D eigenvalue weighted by atomic mass is 32.2. The summed E-state index contributed by atoms with van der Waals surface area (Å²) < 4.78 is 27.3. The Morgan fingerprint density at radius 2 is 1.64 bits per heavy atom. The summed E-state index contributed by atoms with van der Waals surface area (Å²) in [5, 5.41) is 3.04. The number of para-hydroxylation sites is 1. The first kappa shape index (κ1) is 30.6. The molecule has 0 aromatic heterocycles. The fraction of sp³-hybridized carbons (Fsp3) is 0.533. The number of piperidine rings is 1. The Bertz CT molecular complexity index is 1180. The topological polar surface area (TPSA) is 90.0 Å². The van der Waals surface area contributed by atoms with Crippen LogP contribution in [0.1, 0.15) is 58.1 Å². The summed E-state index contributed by atoms with van der Waals surface area (Å²) in [5.41, 5.74) is 2.91. The maximum atomic E-state index is 13.7. The van der Waals surface area contributed by atoms with Gasteiger partial charge in [0, 0.05) is 37.9 Å². The minimum absolute atomic E-state index is 0.0281. The lowest BCUT2D eigenvalue weighted by molar-refractivity contribution is -0.135. The number of sulfonamides is 1. The predicted molar refractivity (Wildman–Crippen MR) is 157 cm³/mol. The van der Waals surface area contributed by atoms with Gasteiger partial charge in [-0.2, -0.15) is 4.31 Å². The fourth-order valence-electron chi connectivity index (χ4n) is 5.04. The number of anilines is 1. The zero-order valence-electron chi connectivity index (χ0n) is 23.8. The third kappa shape index (κ3) is 8.80. The molecule has 2 aromatic rings. The SMILES string of the molecule is CCCS(=O)(=O)N(CC(=O)N(Cc1ccccc1)C1CCN(C(=O)Nc2ccccc2CC)CC1)CC(C)C. The largest absolute Gasteiger partial charge is 0.334 e. The first-order chi connectivity index (χ1) is 18.6. The van der Waals surface area contributed by atoms with Crippen molar-refractivity contribution in [2.45, 2.75) is 66.0 Å². The van der Waals surface area contributed by atoms with Crippen LogP contribution in [0.5, 0.6) is 0 Å². The summed E-state index contributed by atoms with van der Waals surface area (Å²) >= 11 is 0. The highest BCUT2D eigenvalue weighted by Crippen LogP contribution is 2.22. The molecule has 0 saturated carbocycles. The van der Waals surface area contributed by atoms with E-state index < -0.39 is 10.0 Å². The van der Waals surface area contributed by atoms with Crippen molar-refractivity contribution >= 4 is 27.6 Å². The summed E-state index contributed by atoms with van der Waals surface area (Å²) in [7, 11) is -3.53. The van der Waals surface area contributed by atoms with Crippen LogP contribution in [0, 0.1) is 5.92 Å². The number of likely N-dealkylation sites (tertiary alicyclic amines) is 1. The summed E-state index contributed by atoms with van der Waals surface area (Å²) in [6, 6.07) is 17.4. The molecule has 0 spiro atoms. The van der Waals surface area contributed by atoms with Crippen molar-refractivity contribution in [3.63, 3.8) is 0 Å². The van der Waals surface area contributed by atoms with E-state index in [1.165, 1.54) is 4.31 Å². The van der Waals surface area contributed by atoms with Crippen LogP contribution < -0.4 is 5.32 Å². The first-order valence-corrected chi connectivity index (χ1v) is 15.7. The van der Waals surface area contributed by atoms with Gasteiger partial charge in [-0.1, -0.05) is 76.2 Å². The molecule has 3 amide bonds. The number of aryl methyl sites for hydroxylation is 1. The lowest BCUT2D eigenvalue weighted by Gasteiger charge is -2.39. The van der Waals surface area contributed by atoms with Crippen LogP contribution >= 0.6 is 0 Å². The molecule has 0 aliphatic carbocycles. The Morgan fingerprint density at radius 3 is 2.26 bits per heavy atom. The number of carbonyl (C=O) groups is 2. The number of nitrogens with one attached hydrogen (secondary N) is 1. The summed E-state index contributed by atoms with van der Waals surface area (Å²) in [6.45, 7) is 9.40. The minimum atomic E-state index is -3.53. The highest BCUT2D eigenvalue weighted by molar-refractivity contribution is 7.89. The van der Waals surface area contributed by atoms with Crippen LogP contribution in [0.2, 0.25) is 0 Å². The van der Waals surface area contributed by atoms with Crippen LogP contribution in [-0.2, 0) is 27.8 Å². The number of hydrogen-bond donors (Lipinski definition) is 1. The average molecular weight is 557 g/mol. The molecule has 0 atom stereocenters. The fourth-order valence-corrected chi connectivity index (χ4v) is 6.65. The van der Waals surface area contributed by atoms with Crippen LogP contribution in [0.15, 0.2) is 54.6 Å². The lowest BCUT2D eigenvalue weighted by Crippen LogP contribution is -2.52. The van der Waals surface area contributed by atoms with Gasteiger partial charge in [-0.25, -0.2) is 13.2 Å². The van der Waals surface area contributed by atoms with Crippen molar-refractivity contribution in [2.75, 3.05) is 37.2 Å². The number of urea groups is 1. The van der Waals surface area contributed by atoms with Gasteiger partial charge in [0.15, 0.2) is 0 Å². The van der Waals surface area contributed by atoms with Crippen LogP contribution in [0.4, 0.5) is 10.5 Å². The molecule has 1 fully saturated rings. The van der Waals surface area contributed by atoms with E-state index in [2.05, 4.69) is 12.2 Å². The molecule has 9 heteroatoms. The molecule has 1 saturated heterocycles. The quantitative estimate of drug-likeness (QED) is 0.400. The number of hydrogen-bond acceptors (Lipinski definition) is 4. The molecule has 0 bridgehead atoms. The maximum Gasteiger partial charge on any atom is 0.321 e. The van der Waals surface area contributed by atoms with Gasteiger partial charge in [-0.3, -0.25) is 4.79 Å². The molecule has 3 rings (SSSR count). The van der Waals surface area contributed by atoms with Gasteiger partial charge in [0.05, 0.1) is 12.3 Å². The van der Waals surface area contributed by atoms with Crippen molar-refractivity contribution in [2.24, 2.45) is 5.92 Å². The molecule has 39 heavy (non-hydrogen) atoms. The number of rotatable bonds is 12. The second-order valence-electron chi connectivity index (χ2n) is 10.7. The van der Waals surface area contributed by atoms with E-state index in [0.29, 0.717) is 45.4 Å². The monoisotopic (exact) mass is 556 g/mol. The van der Waals surface area contributed by atoms with Crippen LogP contribution in [0.25, 0.3) is 0 Å². The predicted octanol–water partition coefficient (Wildman–Crippen LogP) is 4.97. The normalized spacial score (nSPS) is 14.6. The molecule has 8 nitrogen and oxygen atoms in total. The van der Waals surface area contributed by atoms with E-state index in [0.717, 1.165) is 23.2 Å². The zero-order valence-corrected chi connectivity index (χ0v) is 24.6. The first-order valence-electron chi connectivity index (χ1n) is 14.1. The standard InChI is InChI=1S/C30H44N4O4S/c1-5-20-39(37,38)33(21-24(3)4)23-29(35)34(22-25-12-8-7-9-13-25)27-16-18-32(19-17-27)30(36)31-28-15-11-10-14-26(28)6-2/h7-15,24,27H,5-6,16-23H2,1-4H3,(H,31,36). The average Bonchev–Trinajstić information content (AvgIpc) is 2.92. The smallest absolute Gasteiger partial charge is 0.321 e. The van der Waals surface area contributed by atoms with E-state index in [-0.39, 0.29) is 36.2 Å². The van der Waals surface area contributed by atoms with Gasteiger partial charge in [-0.15, -0.1) is 0 Å². The second kappa shape index (κ2) is 14.5. The number of carbonyl (C=O) groups excluding carboxylic acids is 2. The number of nitrogens with zero attached hydrogens (tertiary/aromatic N) is 3. The van der Waals surface area contributed by atoms with E-state index in [1.807, 2.05) is 80.3 Å². The summed E-state index contributed by atoms with van der Waals surface area (Å²) in [5.74, 6) is -0.0640. The highest BCUT2D eigenvalue weighted by Gasteiger charge is 2.33. The molecule has 0 radical (unpaired) electrons. The lowest BCUT2D eigenvalue weighted by atomic mass is 10.0. The third-order valence-electron chi connectivity index (χ3n) is 7.08. The molecular weight excluding hydrogens is 512 g/mol. The molecule has 0 unspecified atom stereocenters.